The fourth-order valence-corrected chi connectivity index (χ4v) is 4.21. The van der Waals surface area contributed by atoms with Crippen LogP contribution in [0, 0.1) is 0 Å². The summed E-state index contributed by atoms with van der Waals surface area (Å²) in [6.07, 6.45) is 6.00. The second-order valence-electron chi connectivity index (χ2n) is 4.18. The molecule has 17 heavy (non-hydrogen) atoms. The van der Waals surface area contributed by atoms with Crippen molar-refractivity contribution in [3.05, 3.63) is 10.8 Å². The second kappa shape index (κ2) is 11.0. The van der Waals surface area contributed by atoms with Gasteiger partial charge in [-0.3, -0.25) is 0 Å². The summed E-state index contributed by atoms with van der Waals surface area (Å²) in [5.74, 6) is 0. The van der Waals surface area contributed by atoms with Gasteiger partial charge in [-0.1, -0.05) is 32.8 Å². The molecule has 0 aromatic rings. The lowest BCUT2D eigenvalue weighted by Gasteiger charge is -2.21. The molecular formula is C14H30O2Si. The minimum atomic E-state index is -1.59. The van der Waals surface area contributed by atoms with Gasteiger partial charge in [0.1, 0.15) is 0 Å². The zero-order chi connectivity index (χ0) is 13.1. The molecule has 0 unspecified atom stereocenters. The topological polar surface area (TPSA) is 18.5 Å². The van der Waals surface area contributed by atoms with Gasteiger partial charge in [-0.25, -0.2) is 0 Å². The molecule has 3 heteroatoms. The van der Waals surface area contributed by atoms with Crippen LogP contribution in [-0.4, -0.2) is 22.5 Å². The Morgan fingerprint density at radius 2 is 1.47 bits per heavy atom. The molecule has 0 amide bonds. The minimum Gasteiger partial charge on any atom is -0.394 e. The van der Waals surface area contributed by atoms with Crippen LogP contribution in [0.25, 0.3) is 0 Å². The highest BCUT2D eigenvalue weighted by Gasteiger charge is 2.20. The molecule has 0 heterocycles. The van der Waals surface area contributed by atoms with Gasteiger partial charge in [-0.15, -0.1) is 0 Å². The normalized spacial score (nSPS) is 13.1. The quantitative estimate of drug-likeness (QED) is 0.549. The van der Waals surface area contributed by atoms with E-state index >= 15 is 0 Å². The fourth-order valence-electron chi connectivity index (χ4n) is 2.09. The van der Waals surface area contributed by atoms with Gasteiger partial charge in [-0.2, -0.15) is 0 Å². The van der Waals surface area contributed by atoms with Crippen LogP contribution in [0.1, 0.15) is 66.7 Å². The average Bonchev–Trinajstić information content (AvgIpc) is 2.34. The molecule has 0 radical (unpaired) electrons. The van der Waals surface area contributed by atoms with Crippen molar-refractivity contribution >= 4 is 9.28 Å². The molecule has 0 rings (SSSR count). The highest BCUT2D eigenvalue weighted by molar-refractivity contribution is 6.53. The van der Waals surface area contributed by atoms with Gasteiger partial charge in [0.15, 0.2) is 0 Å². The molecule has 0 fully saturated rings. The minimum absolute atomic E-state index is 0.769. The zero-order valence-corrected chi connectivity index (χ0v) is 13.5. The maximum Gasteiger partial charge on any atom is 0.351 e. The predicted octanol–water partition coefficient (Wildman–Crippen LogP) is 4.13. The Hall–Kier alpha value is -0.123. The standard InChI is InChI=1S/C14H30O2Si/c1-6-11-12-13(7-2)14(8-3)17(15-9-4)16-10-5/h17H,6-12H2,1-5H3. The van der Waals surface area contributed by atoms with E-state index in [9.17, 15) is 0 Å². The first-order valence-electron chi connectivity index (χ1n) is 7.18. The maximum atomic E-state index is 5.86. The summed E-state index contributed by atoms with van der Waals surface area (Å²) in [7, 11) is -1.59. The van der Waals surface area contributed by atoms with E-state index in [-0.39, 0.29) is 0 Å². The molecule has 2 nitrogen and oxygen atoms in total. The lowest BCUT2D eigenvalue weighted by molar-refractivity contribution is 0.220. The largest absolute Gasteiger partial charge is 0.394 e. The Labute approximate surface area is 109 Å². The SMILES string of the molecule is CCCCC(CC)=C(CC)[SiH](OCC)OCC. The van der Waals surface area contributed by atoms with Crippen molar-refractivity contribution in [2.45, 2.75) is 66.7 Å². The van der Waals surface area contributed by atoms with E-state index in [1.165, 1.54) is 24.5 Å². The van der Waals surface area contributed by atoms with Crippen LogP contribution in [0.5, 0.6) is 0 Å². The van der Waals surface area contributed by atoms with Crippen LogP contribution in [0.3, 0.4) is 0 Å². The van der Waals surface area contributed by atoms with Crippen LogP contribution in [0.2, 0.25) is 0 Å². The van der Waals surface area contributed by atoms with E-state index < -0.39 is 9.28 Å². The monoisotopic (exact) mass is 258 g/mol. The third-order valence-electron chi connectivity index (χ3n) is 3.01. The van der Waals surface area contributed by atoms with Crippen molar-refractivity contribution in [1.82, 2.24) is 0 Å². The number of allylic oxidation sites excluding steroid dienone is 2. The summed E-state index contributed by atoms with van der Waals surface area (Å²) < 4.78 is 11.7. The lowest BCUT2D eigenvalue weighted by atomic mass is 10.1. The first-order chi connectivity index (χ1) is 8.24. The van der Waals surface area contributed by atoms with Gasteiger partial charge in [0, 0.05) is 13.2 Å². The molecule has 0 spiro atoms. The van der Waals surface area contributed by atoms with E-state index in [0.717, 1.165) is 26.1 Å². The van der Waals surface area contributed by atoms with Crippen molar-refractivity contribution in [3.63, 3.8) is 0 Å². The highest BCUT2D eigenvalue weighted by Crippen LogP contribution is 2.22. The molecule has 0 aliphatic rings. The van der Waals surface area contributed by atoms with Crippen molar-refractivity contribution < 1.29 is 8.85 Å². The van der Waals surface area contributed by atoms with Crippen molar-refractivity contribution in [2.24, 2.45) is 0 Å². The van der Waals surface area contributed by atoms with Crippen LogP contribution in [-0.2, 0) is 8.85 Å². The summed E-state index contributed by atoms with van der Waals surface area (Å²) in [5, 5.41) is 1.50. The van der Waals surface area contributed by atoms with Crippen LogP contribution < -0.4 is 0 Å². The lowest BCUT2D eigenvalue weighted by Crippen LogP contribution is -2.27. The van der Waals surface area contributed by atoms with Crippen molar-refractivity contribution in [3.8, 4) is 0 Å². The summed E-state index contributed by atoms with van der Waals surface area (Å²) in [5.41, 5.74) is 1.59. The second-order valence-corrected chi connectivity index (χ2v) is 6.21. The Morgan fingerprint density at radius 1 is 0.882 bits per heavy atom. The van der Waals surface area contributed by atoms with E-state index in [2.05, 4.69) is 34.6 Å². The summed E-state index contributed by atoms with van der Waals surface area (Å²) in [6, 6.07) is 0. The van der Waals surface area contributed by atoms with Gasteiger partial charge < -0.3 is 8.85 Å². The van der Waals surface area contributed by atoms with Gasteiger partial charge in [-0.05, 0) is 44.7 Å². The number of hydrogen-bond donors (Lipinski definition) is 0. The Kier molecular flexibility index (Phi) is 10.9. The Balaban J connectivity index is 4.82. The molecule has 0 bridgehead atoms. The smallest absolute Gasteiger partial charge is 0.351 e. The molecule has 0 aromatic carbocycles. The summed E-state index contributed by atoms with van der Waals surface area (Å²) >= 11 is 0. The maximum absolute atomic E-state index is 5.86. The Bertz CT molecular complexity index is 208. The number of unbranched alkanes of at least 4 members (excludes halogenated alkanes) is 1. The molecule has 0 aliphatic carbocycles. The summed E-state index contributed by atoms with van der Waals surface area (Å²) in [6.45, 7) is 12.4. The third kappa shape index (κ3) is 6.39. The van der Waals surface area contributed by atoms with Gasteiger partial charge in [0.2, 0.25) is 0 Å². The molecule has 0 saturated heterocycles. The molecule has 0 N–H and O–H groups in total. The van der Waals surface area contributed by atoms with Gasteiger partial charge in [0.25, 0.3) is 0 Å². The first-order valence-corrected chi connectivity index (χ1v) is 8.70. The van der Waals surface area contributed by atoms with E-state index in [0.29, 0.717) is 0 Å². The van der Waals surface area contributed by atoms with Gasteiger partial charge in [0.05, 0.1) is 0 Å². The van der Waals surface area contributed by atoms with Crippen LogP contribution in [0.15, 0.2) is 10.8 Å². The van der Waals surface area contributed by atoms with Gasteiger partial charge >= 0.3 is 9.28 Å². The predicted molar refractivity (Wildman–Crippen MR) is 77.5 cm³/mol. The number of hydrogen-bond acceptors (Lipinski definition) is 2. The van der Waals surface area contributed by atoms with Crippen LogP contribution in [0.4, 0.5) is 0 Å². The number of rotatable bonds is 10. The van der Waals surface area contributed by atoms with E-state index in [1.807, 2.05) is 0 Å². The zero-order valence-electron chi connectivity index (χ0n) is 12.3. The summed E-state index contributed by atoms with van der Waals surface area (Å²) in [4.78, 5) is 0. The first kappa shape index (κ1) is 16.9. The molecule has 0 saturated carbocycles. The highest BCUT2D eigenvalue weighted by atomic mass is 28.3. The van der Waals surface area contributed by atoms with E-state index in [1.54, 1.807) is 5.57 Å². The molecule has 0 aliphatic heterocycles. The average molecular weight is 258 g/mol. The van der Waals surface area contributed by atoms with Crippen molar-refractivity contribution in [2.75, 3.05) is 13.2 Å². The third-order valence-corrected chi connectivity index (χ3v) is 5.67. The fraction of sp³-hybridized carbons (Fsp3) is 0.857. The molecule has 0 aromatic heterocycles. The molecular weight excluding hydrogens is 228 g/mol. The molecule has 0 atom stereocenters. The van der Waals surface area contributed by atoms with Crippen molar-refractivity contribution in [1.29, 1.82) is 0 Å². The van der Waals surface area contributed by atoms with Crippen LogP contribution >= 0.6 is 0 Å². The Morgan fingerprint density at radius 3 is 1.82 bits per heavy atom. The molecule has 102 valence electrons. The van der Waals surface area contributed by atoms with E-state index in [4.69, 9.17) is 8.85 Å².